The van der Waals surface area contributed by atoms with Crippen LogP contribution in [0.25, 0.3) is 0 Å². The van der Waals surface area contributed by atoms with E-state index in [1.807, 2.05) is 12.1 Å². The first-order valence-electron chi connectivity index (χ1n) is 7.09. The molecule has 0 radical (unpaired) electrons. The number of aromatic nitrogens is 1. The van der Waals surface area contributed by atoms with Gasteiger partial charge in [0.25, 0.3) is 0 Å². The number of nitrogens with zero attached hydrogens (tertiary/aromatic N) is 1. The molecule has 2 heteroatoms. The van der Waals surface area contributed by atoms with E-state index in [2.05, 4.69) is 44.8 Å². The summed E-state index contributed by atoms with van der Waals surface area (Å²) in [4.78, 5) is 16.6. The zero-order chi connectivity index (χ0) is 14.7. The van der Waals surface area contributed by atoms with Crippen molar-refractivity contribution >= 4 is 5.78 Å². The lowest BCUT2D eigenvalue weighted by atomic mass is 9.88. The van der Waals surface area contributed by atoms with Crippen LogP contribution in [0.5, 0.6) is 0 Å². The molecule has 0 spiro atoms. The summed E-state index contributed by atoms with van der Waals surface area (Å²) in [6.07, 6.45) is 3.31. The summed E-state index contributed by atoms with van der Waals surface area (Å²) >= 11 is 0. The molecule has 0 aliphatic heterocycles. The van der Waals surface area contributed by atoms with E-state index in [-0.39, 0.29) is 5.78 Å². The summed E-state index contributed by atoms with van der Waals surface area (Å²) in [5.41, 5.74) is 3.82. The van der Waals surface area contributed by atoms with Crippen molar-refractivity contribution in [2.75, 3.05) is 0 Å². The number of carbonyl (C=O) groups excluding carboxylic acids is 1. The fourth-order valence-corrected chi connectivity index (χ4v) is 2.28. The Balaban J connectivity index is 2.49. The zero-order valence-electron chi connectivity index (χ0n) is 12.6. The van der Waals surface area contributed by atoms with E-state index in [0.717, 1.165) is 11.1 Å². The second-order valence-electron chi connectivity index (χ2n) is 5.73. The topological polar surface area (TPSA) is 30.0 Å². The van der Waals surface area contributed by atoms with Crippen molar-refractivity contribution < 1.29 is 4.79 Å². The van der Waals surface area contributed by atoms with Crippen LogP contribution in [0, 0.1) is 0 Å². The second-order valence-corrected chi connectivity index (χ2v) is 5.73. The zero-order valence-corrected chi connectivity index (χ0v) is 12.6. The van der Waals surface area contributed by atoms with E-state index >= 15 is 0 Å². The summed E-state index contributed by atoms with van der Waals surface area (Å²) in [6.45, 7) is 8.59. The standard InChI is InChI=1S/C18H21NO/c1-12(2)14-7-8-16(17(10-14)13(3)4)18(20)15-6-5-9-19-11-15/h5-13H,1-4H3. The highest BCUT2D eigenvalue weighted by Gasteiger charge is 2.16. The molecular formula is C18H21NO. The molecule has 0 aliphatic rings. The molecule has 2 rings (SSSR count). The van der Waals surface area contributed by atoms with E-state index < -0.39 is 0 Å². The van der Waals surface area contributed by atoms with Gasteiger partial charge in [-0.3, -0.25) is 9.78 Å². The molecule has 0 amide bonds. The van der Waals surface area contributed by atoms with Gasteiger partial charge in [-0.15, -0.1) is 0 Å². The van der Waals surface area contributed by atoms with Crippen LogP contribution >= 0.6 is 0 Å². The Labute approximate surface area is 120 Å². The highest BCUT2D eigenvalue weighted by Crippen LogP contribution is 2.26. The van der Waals surface area contributed by atoms with Crippen molar-refractivity contribution in [3.05, 3.63) is 65.0 Å². The highest BCUT2D eigenvalue weighted by molar-refractivity contribution is 6.09. The van der Waals surface area contributed by atoms with Crippen molar-refractivity contribution in [2.45, 2.75) is 39.5 Å². The molecular weight excluding hydrogens is 246 g/mol. The Morgan fingerprint density at radius 2 is 1.80 bits per heavy atom. The van der Waals surface area contributed by atoms with E-state index in [9.17, 15) is 4.79 Å². The van der Waals surface area contributed by atoms with Gasteiger partial charge in [0.15, 0.2) is 5.78 Å². The molecule has 2 nitrogen and oxygen atoms in total. The van der Waals surface area contributed by atoms with Crippen LogP contribution in [0.15, 0.2) is 42.7 Å². The van der Waals surface area contributed by atoms with Gasteiger partial charge in [0.2, 0.25) is 0 Å². The van der Waals surface area contributed by atoms with Crippen molar-refractivity contribution in [3.8, 4) is 0 Å². The summed E-state index contributed by atoms with van der Waals surface area (Å²) in [6, 6.07) is 9.79. The number of benzene rings is 1. The molecule has 20 heavy (non-hydrogen) atoms. The Morgan fingerprint density at radius 3 is 2.35 bits per heavy atom. The molecule has 104 valence electrons. The molecule has 0 bridgehead atoms. The number of ketones is 1. The SMILES string of the molecule is CC(C)c1ccc(C(=O)c2cccnc2)c(C(C)C)c1. The van der Waals surface area contributed by atoms with Gasteiger partial charge >= 0.3 is 0 Å². The Hall–Kier alpha value is -1.96. The van der Waals surface area contributed by atoms with Crippen molar-refractivity contribution in [2.24, 2.45) is 0 Å². The fraction of sp³-hybridized carbons (Fsp3) is 0.333. The molecule has 0 aliphatic carbocycles. The van der Waals surface area contributed by atoms with Gasteiger partial charge in [-0.2, -0.15) is 0 Å². The third kappa shape index (κ3) is 2.96. The molecule has 1 aromatic carbocycles. The molecule has 0 saturated carbocycles. The van der Waals surface area contributed by atoms with Crippen LogP contribution in [0.4, 0.5) is 0 Å². The van der Waals surface area contributed by atoms with Crippen LogP contribution in [0.1, 0.15) is 66.6 Å². The molecule has 1 aromatic heterocycles. The van der Waals surface area contributed by atoms with Gasteiger partial charge in [-0.1, -0.05) is 45.9 Å². The smallest absolute Gasteiger partial charge is 0.194 e. The molecule has 0 N–H and O–H groups in total. The summed E-state index contributed by atoms with van der Waals surface area (Å²) < 4.78 is 0. The Kier molecular flexibility index (Phi) is 4.33. The van der Waals surface area contributed by atoms with Crippen LogP contribution in [0.3, 0.4) is 0 Å². The van der Waals surface area contributed by atoms with Gasteiger partial charge in [0, 0.05) is 23.5 Å². The van der Waals surface area contributed by atoms with Crippen molar-refractivity contribution in [3.63, 3.8) is 0 Å². The summed E-state index contributed by atoms with van der Waals surface area (Å²) in [5, 5.41) is 0. The van der Waals surface area contributed by atoms with Gasteiger partial charge in [0.1, 0.15) is 0 Å². The molecule has 2 aromatic rings. The molecule has 0 unspecified atom stereocenters. The van der Waals surface area contributed by atoms with E-state index in [0.29, 0.717) is 17.4 Å². The third-order valence-corrected chi connectivity index (χ3v) is 3.53. The average molecular weight is 267 g/mol. The molecule has 0 saturated heterocycles. The lowest BCUT2D eigenvalue weighted by Crippen LogP contribution is -2.08. The van der Waals surface area contributed by atoms with Crippen molar-refractivity contribution in [1.82, 2.24) is 4.98 Å². The number of pyridine rings is 1. The normalized spacial score (nSPS) is 11.1. The van der Waals surface area contributed by atoms with Gasteiger partial charge < -0.3 is 0 Å². The highest BCUT2D eigenvalue weighted by atomic mass is 16.1. The fourth-order valence-electron chi connectivity index (χ4n) is 2.28. The predicted octanol–water partition coefficient (Wildman–Crippen LogP) is 4.56. The largest absolute Gasteiger partial charge is 0.289 e. The van der Waals surface area contributed by atoms with E-state index in [1.165, 1.54) is 5.56 Å². The first kappa shape index (κ1) is 14.4. The maximum atomic E-state index is 12.6. The Morgan fingerprint density at radius 1 is 1.05 bits per heavy atom. The summed E-state index contributed by atoms with van der Waals surface area (Å²) in [7, 11) is 0. The summed E-state index contributed by atoms with van der Waals surface area (Å²) in [5.74, 6) is 0.844. The maximum absolute atomic E-state index is 12.6. The van der Waals surface area contributed by atoms with Crippen LogP contribution in [-0.4, -0.2) is 10.8 Å². The minimum atomic E-state index is 0.0529. The number of carbonyl (C=O) groups is 1. The van der Waals surface area contributed by atoms with E-state index in [1.54, 1.807) is 18.5 Å². The minimum absolute atomic E-state index is 0.0529. The molecule has 0 fully saturated rings. The number of hydrogen-bond donors (Lipinski definition) is 0. The first-order chi connectivity index (χ1) is 9.50. The van der Waals surface area contributed by atoms with E-state index in [4.69, 9.17) is 0 Å². The lowest BCUT2D eigenvalue weighted by molar-refractivity contribution is 0.103. The average Bonchev–Trinajstić information content (AvgIpc) is 2.46. The second kappa shape index (κ2) is 6.00. The van der Waals surface area contributed by atoms with Gasteiger partial charge in [-0.25, -0.2) is 0 Å². The number of hydrogen-bond acceptors (Lipinski definition) is 2. The third-order valence-electron chi connectivity index (χ3n) is 3.53. The number of rotatable bonds is 4. The Bertz CT molecular complexity index is 600. The van der Waals surface area contributed by atoms with Crippen LogP contribution in [-0.2, 0) is 0 Å². The monoisotopic (exact) mass is 267 g/mol. The van der Waals surface area contributed by atoms with Gasteiger partial charge in [-0.05, 0) is 35.1 Å². The molecule has 0 atom stereocenters. The quantitative estimate of drug-likeness (QED) is 0.760. The maximum Gasteiger partial charge on any atom is 0.194 e. The van der Waals surface area contributed by atoms with Crippen LogP contribution < -0.4 is 0 Å². The first-order valence-corrected chi connectivity index (χ1v) is 7.09. The van der Waals surface area contributed by atoms with Crippen molar-refractivity contribution in [1.29, 1.82) is 0 Å². The predicted molar refractivity (Wildman–Crippen MR) is 82.3 cm³/mol. The van der Waals surface area contributed by atoms with Gasteiger partial charge in [0.05, 0.1) is 0 Å². The molecule has 1 heterocycles. The minimum Gasteiger partial charge on any atom is -0.289 e. The van der Waals surface area contributed by atoms with Crippen LogP contribution in [0.2, 0.25) is 0 Å². The lowest BCUT2D eigenvalue weighted by Gasteiger charge is -2.15.